The molecule has 1 aliphatic heterocycles. The second-order valence-electron chi connectivity index (χ2n) is 2.57. The predicted octanol–water partition coefficient (Wildman–Crippen LogP) is 0.916. The molecule has 2 unspecified atom stereocenters. The van der Waals surface area contributed by atoms with E-state index >= 15 is 0 Å². The smallest absolute Gasteiger partial charge is 0.201 e. The maximum Gasteiger partial charge on any atom is 0.201 e. The van der Waals surface area contributed by atoms with E-state index < -0.39 is 0 Å². The highest BCUT2D eigenvalue weighted by Crippen LogP contribution is 2.12. The van der Waals surface area contributed by atoms with Crippen molar-refractivity contribution in [2.24, 2.45) is 4.99 Å². The predicted molar refractivity (Wildman–Crippen MR) is 49.8 cm³/mol. The molecule has 0 N–H and O–H groups in total. The van der Waals surface area contributed by atoms with Gasteiger partial charge in [-0.1, -0.05) is 9.39 Å². The van der Waals surface area contributed by atoms with E-state index in [1.807, 2.05) is 6.92 Å². The second kappa shape index (κ2) is 4.03. The van der Waals surface area contributed by atoms with Crippen LogP contribution in [0, 0.1) is 0 Å². The molecule has 0 aliphatic carbocycles. The van der Waals surface area contributed by atoms with Crippen LogP contribution in [0.2, 0.25) is 0 Å². The molecule has 0 bridgehead atoms. The van der Waals surface area contributed by atoms with Crippen molar-refractivity contribution in [3.63, 3.8) is 0 Å². The summed E-state index contributed by atoms with van der Waals surface area (Å²) in [5, 5.41) is 0. The van der Waals surface area contributed by atoms with Gasteiger partial charge in [0.1, 0.15) is 0 Å². The maximum absolute atomic E-state index is 5.36. The normalized spacial score (nSPS) is 26.5. The summed E-state index contributed by atoms with van der Waals surface area (Å²) in [7, 11) is 2.69. The first-order chi connectivity index (χ1) is 5.25. The Morgan fingerprint density at radius 3 is 3.18 bits per heavy atom. The van der Waals surface area contributed by atoms with Crippen LogP contribution < -0.4 is 0 Å². The van der Waals surface area contributed by atoms with E-state index in [9.17, 15) is 0 Å². The van der Waals surface area contributed by atoms with E-state index in [2.05, 4.69) is 26.0 Å². The van der Waals surface area contributed by atoms with Crippen LogP contribution >= 0.6 is 9.39 Å². The van der Waals surface area contributed by atoms with Crippen LogP contribution in [0.1, 0.15) is 13.8 Å². The van der Waals surface area contributed by atoms with Crippen LogP contribution in [0.5, 0.6) is 0 Å². The third kappa shape index (κ3) is 2.14. The molecule has 0 aromatic carbocycles. The van der Waals surface area contributed by atoms with E-state index in [0.717, 1.165) is 19.0 Å². The fourth-order valence-corrected chi connectivity index (χ4v) is 1.30. The molecule has 0 saturated heterocycles. The fraction of sp³-hybridized carbons (Fsp3) is 0.857. The van der Waals surface area contributed by atoms with Crippen molar-refractivity contribution in [2.45, 2.75) is 19.9 Å². The van der Waals surface area contributed by atoms with E-state index in [1.54, 1.807) is 0 Å². The molecule has 0 radical (unpaired) electrons. The molecule has 64 valence electrons. The zero-order chi connectivity index (χ0) is 8.27. The Balaban J connectivity index is 2.54. The van der Waals surface area contributed by atoms with Gasteiger partial charge >= 0.3 is 0 Å². The van der Waals surface area contributed by atoms with Gasteiger partial charge in [0.15, 0.2) is 0 Å². The molecule has 0 spiro atoms. The fourth-order valence-electron chi connectivity index (χ4n) is 1.06. The summed E-state index contributed by atoms with van der Waals surface area (Å²) in [6.45, 7) is 6.64. The maximum atomic E-state index is 5.36. The molecular weight excluding hydrogens is 159 g/mol. The van der Waals surface area contributed by atoms with Gasteiger partial charge in [-0.05, 0) is 13.8 Å². The van der Waals surface area contributed by atoms with Gasteiger partial charge in [-0.15, -0.1) is 0 Å². The number of nitrogens with zero attached hydrogens (tertiary/aromatic N) is 2. The number of hydrogen-bond acceptors (Lipinski definition) is 3. The first-order valence-electron chi connectivity index (χ1n) is 3.94. The van der Waals surface area contributed by atoms with Gasteiger partial charge in [-0.25, -0.2) is 0 Å². The van der Waals surface area contributed by atoms with Gasteiger partial charge in [0.05, 0.1) is 19.2 Å². The summed E-state index contributed by atoms with van der Waals surface area (Å²) < 4.78 is 7.53. The Kier molecular flexibility index (Phi) is 3.28. The van der Waals surface area contributed by atoms with Gasteiger partial charge in [0.25, 0.3) is 0 Å². The molecular formula is C7H15N2OP. The molecule has 0 aromatic rings. The third-order valence-electron chi connectivity index (χ3n) is 1.77. The largest absolute Gasteiger partial charge is 0.480 e. The van der Waals surface area contributed by atoms with Crippen LogP contribution in [0.25, 0.3) is 0 Å². The Morgan fingerprint density at radius 1 is 1.82 bits per heavy atom. The lowest BCUT2D eigenvalue weighted by atomic mass is 10.3. The lowest BCUT2D eigenvalue weighted by molar-refractivity contribution is 0.274. The molecule has 1 rings (SSSR count). The monoisotopic (exact) mass is 174 g/mol. The number of ether oxygens (including phenoxy) is 1. The van der Waals surface area contributed by atoms with E-state index in [-0.39, 0.29) is 0 Å². The summed E-state index contributed by atoms with van der Waals surface area (Å²) in [5.41, 5.74) is 0. The number of hydrogen-bond donors (Lipinski definition) is 0. The second-order valence-corrected chi connectivity index (χ2v) is 3.23. The molecule has 0 saturated carbocycles. The summed E-state index contributed by atoms with van der Waals surface area (Å²) >= 11 is 0. The van der Waals surface area contributed by atoms with Crippen molar-refractivity contribution in [1.29, 1.82) is 0 Å². The first-order valence-corrected chi connectivity index (χ1v) is 4.45. The molecule has 0 amide bonds. The van der Waals surface area contributed by atoms with Gasteiger partial charge < -0.3 is 4.74 Å². The van der Waals surface area contributed by atoms with Crippen molar-refractivity contribution in [1.82, 2.24) is 4.67 Å². The van der Waals surface area contributed by atoms with Crippen LogP contribution in [-0.4, -0.2) is 36.3 Å². The summed E-state index contributed by atoms with van der Waals surface area (Å²) in [4.78, 5) is 4.29. The standard InChI is InChI=1S/C7H15N2OP/c1-3-10-7-6(2)9(11)5-4-8-7/h6H,3-5,11H2,1-2H3. The molecule has 1 aliphatic rings. The topological polar surface area (TPSA) is 24.8 Å². The average Bonchev–Trinajstić information content (AvgIpc) is 1.99. The van der Waals surface area contributed by atoms with Crippen molar-refractivity contribution in [2.75, 3.05) is 19.7 Å². The van der Waals surface area contributed by atoms with Crippen LogP contribution in [0.4, 0.5) is 0 Å². The zero-order valence-electron chi connectivity index (χ0n) is 7.08. The quantitative estimate of drug-likeness (QED) is 0.552. The molecule has 11 heavy (non-hydrogen) atoms. The minimum atomic E-state index is 0.314. The lowest BCUT2D eigenvalue weighted by Crippen LogP contribution is -2.39. The van der Waals surface area contributed by atoms with Gasteiger partial charge in [0, 0.05) is 6.54 Å². The SMILES string of the molecule is CCOC1=NCCN(P)C1C. The Morgan fingerprint density at radius 2 is 2.55 bits per heavy atom. The van der Waals surface area contributed by atoms with Gasteiger partial charge in [-0.2, -0.15) is 0 Å². The molecule has 2 atom stereocenters. The molecule has 4 heteroatoms. The lowest BCUT2D eigenvalue weighted by Gasteiger charge is -2.28. The van der Waals surface area contributed by atoms with E-state index in [1.165, 1.54) is 0 Å². The van der Waals surface area contributed by atoms with Crippen LogP contribution in [0.15, 0.2) is 4.99 Å². The van der Waals surface area contributed by atoms with Gasteiger partial charge in [0.2, 0.25) is 5.90 Å². The van der Waals surface area contributed by atoms with Crippen molar-refractivity contribution in [3.8, 4) is 0 Å². The molecule has 0 aromatic heterocycles. The van der Waals surface area contributed by atoms with Gasteiger partial charge in [-0.3, -0.25) is 9.66 Å². The Hall–Kier alpha value is -0.140. The van der Waals surface area contributed by atoms with Crippen molar-refractivity contribution < 1.29 is 4.74 Å². The van der Waals surface area contributed by atoms with Crippen LogP contribution in [0.3, 0.4) is 0 Å². The van der Waals surface area contributed by atoms with Crippen molar-refractivity contribution >= 4 is 15.3 Å². The number of aliphatic imine (C=N–C) groups is 1. The Bertz CT molecular complexity index is 161. The highest BCUT2D eigenvalue weighted by Gasteiger charge is 2.20. The Labute approximate surface area is 70.1 Å². The minimum Gasteiger partial charge on any atom is -0.480 e. The van der Waals surface area contributed by atoms with Crippen LogP contribution in [-0.2, 0) is 4.74 Å². The summed E-state index contributed by atoms with van der Waals surface area (Å²) in [5.74, 6) is 0.869. The summed E-state index contributed by atoms with van der Waals surface area (Å²) in [6, 6.07) is 0.314. The minimum absolute atomic E-state index is 0.314. The van der Waals surface area contributed by atoms with Crippen molar-refractivity contribution in [3.05, 3.63) is 0 Å². The zero-order valence-corrected chi connectivity index (χ0v) is 8.23. The first kappa shape index (κ1) is 8.95. The average molecular weight is 174 g/mol. The number of rotatable bonds is 1. The highest BCUT2D eigenvalue weighted by molar-refractivity contribution is 7.13. The molecule has 1 heterocycles. The van der Waals surface area contributed by atoms with E-state index in [0.29, 0.717) is 12.6 Å². The van der Waals surface area contributed by atoms with E-state index in [4.69, 9.17) is 4.74 Å². The summed E-state index contributed by atoms with van der Waals surface area (Å²) in [6.07, 6.45) is 0. The third-order valence-corrected chi connectivity index (χ3v) is 2.48. The highest BCUT2D eigenvalue weighted by atomic mass is 31.0. The molecule has 3 nitrogen and oxygen atoms in total. The molecule has 0 fully saturated rings.